The van der Waals surface area contributed by atoms with Gasteiger partial charge in [0.05, 0.1) is 6.26 Å². The Morgan fingerprint density at radius 2 is 1.95 bits per heavy atom. The van der Waals surface area contributed by atoms with E-state index in [9.17, 15) is 9.59 Å². The number of nitrogens with zero attached hydrogens (tertiary/aromatic N) is 1. The second kappa shape index (κ2) is 5.33. The van der Waals surface area contributed by atoms with Crippen molar-refractivity contribution in [2.24, 2.45) is 0 Å². The molecule has 5 heteroatoms. The fourth-order valence-electron chi connectivity index (χ4n) is 2.56. The van der Waals surface area contributed by atoms with Crippen molar-refractivity contribution in [3.63, 3.8) is 0 Å². The summed E-state index contributed by atoms with van der Waals surface area (Å²) in [6.07, 6.45) is 2.09. The summed E-state index contributed by atoms with van der Waals surface area (Å²) in [6.45, 7) is 4.32. The van der Waals surface area contributed by atoms with E-state index in [2.05, 4.69) is 5.32 Å². The maximum absolute atomic E-state index is 12.6. The van der Waals surface area contributed by atoms with Crippen LogP contribution in [-0.4, -0.2) is 28.8 Å². The van der Waals surface area contributed by atoms with Gasteiger partial charge in [-0.05, 0) is 44.5 Å². The number of carbonyl (C=O) groups is 2. The first-order valence-electron chi connectivity index (χ1n) is 7.24. The number of benzene rings is 1. The summed E-state index contributed by atoms with van der Waals surface area (Å²) in [4.78, 5) is 26.5. The van der Waals surface area contributed by atoms with E-state index in [-0.39, 0.29) is 17.6 Å². The lowest BCUT2D eigenvalue weighted by Crippen LogP contribution is -2.66. The van der Waals surface area contributed by atoms with Gasteiger partial charge in [0, 0.05) is 12.2 Å². The SMILES string of the molecule is Cc1ccc(NC(=O)C2(C)CCN2C(=O)c2ccco2)cc1. The minimum Gasteiger partial charge on any atom is -0.459 e. The third kappa shape index (κ3) is 2.39. The molecule has 0 bridgehead atoms. The van der Waals surface area contributed by atoms with Crippen LogP contribution < -0.4 is 5.32 Å². The van der Waals surface area contributed by atoms with Crippen LogP contribution in [0.25, 0.3) is 0 Å². The number of nitrogens with one attached hydrogen (secondary N) is 1. The van der Waals surface area contributed by atoms with Crippen LogP contribution >= 0.6 is 0 Å². The van der Waals surface area contributed by atoms with E-state index in [1.165, 1.54) is 6.26 Å². The molecule has 2 aromatic rings. The van der Waals surface area contributed by atoms with Crippen molar-refractivity contribution < 1.29 is 14.0 Å². The van der Waals surface area contributed by atoms with Crippen LogP contribution in [0.4, 0.5) is 5.69 Å². The lowest BCUT2D eigenvalue weighted by molar-refractivity contribution is -0.132. The van der Waals surface area contributed by atoms with Crippen molar-refractivity contribution >= 4 is 17.5 Å². The van der Waals surface area contributed by atoms with Gasteiger partial charge in [-0.1, -0.05) is 17.7 Å². The number of anilines is 1. The van der Waals surface area contributed by atoms with Gasteiger partial charge in [-0.25, -0.2) is 0 Å². The number of rotatable bonds is 3. The number of hydrogen-bond donors (Lipinski definition) is 1. The minimum atomic E-state index is -0.839. The van der Waals surface area contributed by atoms with Gasteiger partial charge in [0.1, 0.15) is 5.54 Å². The molecule has 2 heterocycles. The fraction of sp³-hybridized carbons (Fsp3) is 0.294. The van der Waals surface area contributed by atoms with E-state index in [1.54, 1.807) is 24.0 Å². The maximum Gasteiger partial charge on any atom is 0.290 e. The van der Waals surface area contributed by atoms with E-state index in [1.807, 2.05) is 31.2 Å². The molecule has 1 aromatic heterocycles. The summed E-state index contributed by atoms with van der Waals surface area (Å²) in [5.41, 5.74) is 1.02. The summed E-state index contributed by atoms with van der Waals surface area (Å²) in [5, 5.41) is 2.88. The molecule has 0 radical (unpaired) electrons. The third-order valence-corrected chi connectivity index (χ3v) is 4.19. The monoisotopic (exact) mass is 298 g/mol. The van der Waals surface area contributed by atoms with E-state index in [4.69, 9.17) is 4.42 Å². The average Bonchev–Trinajstić information content (AvgIpc) is 3.02. The summed E-state index contributed by atoms with van der Waals surface area (Å²) >= 11 is 0. The Morgan fingerprint density at radius 3 is 2.50 bits per heavy atom. The normalized spacial score (nSPS) is 20.4. The highest BCUT2D eigenvalue weighted by molar-refractivity contribution is 6.03. The van der Waals surface area contributed by atoms with Crippen LogP contribution in [0.1, 0.15) is 29.5 Å². The first kappa shape index (κ1) is 14.4. The molecule has 1 fully saturated rings. The quantitative estimate of drug-likeness (QED) is 0.947. The predicted octanol–water partition coefficient (Wildman–Crippen LogP) is 2.83. The lowest BCUT2D eigenvalue weighted by atomic mass is 9.85. The number of carbonyl (C=O) groups excluding carboxylic acids is 2. The molecule has 2 amide bonds. The Morgan fingerprint density at radius 1 is 1.23 bits per heavy atom. The number of hydrogen-bond acceptors (Lipinski definition) is 3. The molecular weight excluding hydrogens is 280 g/mol. The third-order valence-electron chi connectivity index (χ3n) is 4.19. The molecule has 114 valence electrons. The molecule has 0 aliphatic carbocycles. The van der Waals surface area contributed by atoms with Crippen molar-refractivity contribution in [1.29, 1.82) is 0 Å². The lowest BCUT2D eigenvalue weighted by Gasteiger charge is -2.48. The van der Waals surface area contributed by atoms with Gasteiger partial charge in [0.2, 0.25) is 5.91 Å². The average molecular weight is 298 g/mol. The molecule has 1 aliphatic rings. The smallest absolute Gasteiger partial charge is 0.290 e. The predicted molar refractivity (Wildman–Crippen MR) is 82.6 cm³/mol. The van der Waals surface area contributed by atoms with Gasteiger partial charge in [0.15, 0.2) is 5.76 Å². The molecule has 1 aliphatic heterocycles. The number of furan rings is 1. The van der Waals surface area contributed by atoms with E-state index in [0.29, 0.717) is 13.0 Å². The summed E-state index contributed by atoms with van der Waals surface area (Å²) in [6, 6.07) is 10.9. The van der Waals surface area contributed by atoms with Gasteiger partial charge in [-0.3, -0.25) is 9.59 Å². The maximum atomic E-state index is 12.6. The van der Waals surface area contributed by atoms with Crippen LogP contribution in [-0.2, 0) is 4.79 Å². The number of aryl methyl sites for hydroxylation is 1. The van der Waals surface area contributed by atoms with E-state index >= 15 is 0 Å². The highest BCUT2D eigenvalue weighted by Crippen LogP contribution is 2.33. The van der Waals surface area contributed by atoms with E-state index in [0.717, 1.165) is 11.3 Å². The summed E-state index contributed by atoms with van der Waals surface area (Å²) < 4.78 is 5.13. The van der Waals surface area contributed by atoms with Crippen molar-refractivity contribution in [2.45, 2.75) is 25.8 Å². The molecule has 1 unspecified atom stereocenters. The zero-order valence-corrected chi connectivity index (χ0v) is 12.6. The van der Waals surface area contributed by atoms with Crippen LogP contribution in [0, 0.1) is 6.92 Å². The first-order valence-corrected chi connectivity index (χ1v) is 7.24. The topological polar surface area (TPSA) is 62.6 Å². The second-order valence-corrected chi connectivity index (χ2v) is 5.78. The molecule has 1 aromatic carbocycles. The Balaban J connectivity index is 1.74. The Labute approximate surface area is 128 Å². The van der Waals surface area contributed by atoms with Crippen molar-refractivity contribution in [1.82, 2.24) is 4.90 Å². The molecule has 3 rings (SSSR count). The zero-order valence-electron chi connectivity index (χ0n) is 12.6. The first-order chi connectivity index (χ1) is 10.5. The molecular formula is C17H18N2O3. The van der Waals surface area contributed by atoms with Gasteiger partial charge in [0.25, 0.3) is 5.91 Å². The Hall–Kier alpha value is -2.56. The molecule has 5 nitrogen and oxygen atoms in total. The van der Waals surface area contributed by atoms with E-state index < -0.39 is 5.54 Å². The molecule has 1 atom stereocenters. The highest BCUT2D eigenvalue weighted by Gasteiger charge is 2.50. The minimum absolute atomic E-state index is 0.178. The highest BCUT2D eigenvalue weighted by atomic mass is 16.3. The van der Waals surface area contributed by atoms with Crippen LogP contribution in [0.5, 0.6) is 0 Å². The van der Waals surface area contributed by atoms with Crippen molar-refractivity contribution in [3.8, 4) is 0 Å². The largest absolute Gasteiger partial charge is 0.459 e. The Kier molecular flexibility index (Phi) is 3.48. The molecule has 0 spiro atoms. The van der Waals surface area contributed by atoms with Crippen molar-refractivity contribution in [3.05, 3.63) is 54.0 Å². The van der Waals surface area contributed by atoms with Gasteiger partial charge in [-0.15, -0.1) is 0 Å². The Bertz CT molecular complexity index is 691. The van der Waals surface area contributed by atoms with Gasteiger partial charge in [-0.2, -0.15) is 0 Å². The second-order valence-electron chi connectivity index (χ2n) is 5.78. The van der Waals surface area contributed by atoms with Gasteiger partial charge < -0.3 is 14.6 Å². The van der Waals surface area contributed by atoms with Crippen LogP contribution in [0.3, 0.4) is 0 Å². The molecule has 0 saturated carbocycles. The summed E-state index contributed by atoms with van der Waals surface area (Å²) in [5.74, 6) is -0.172. The number of likely N-dealkylation sites (tertiary alicyclic amines) is 1. The zero-order chi connectivity index (χ0) is 15.7. The van der Waals surface area contributed by atoms with Gasteiger partial charge >= 0.3 is 0 Å². The molecule has 1 N–H and O–H groups in total. The van der Waals surface area contributed by atoms with Crippen LogP contribution in [0.2, 0.25) is 0 Å². The fourth-order valence-corrected chi connectivity index (χ4v) is 2.56. The molecule has 1 saturated heterocycles. The van der Waals surface area contributed by atoms with Crippen molar-refractivity contribution in [2.75, 3.05) is 11.9 Å². The standard InChI is InChI=1S/C17H18N2O3/c1-12-5-7-13(8-6-12)18-16(21)17(2)9-10-19(17)15(20)14-4-3-11-22-14/h3-8,11H,9-10H2,1-2H3,(H,18,21). The summed E-state index contributed by atoms with van der Waals surface area (Å²) in [7, 11) is 0. The number of amides is 2. The van der Waals surface area contributed by atoms with Crippen LogP contribution in [0.15, 0.2) is 47.1 Å². The molecule has 22 heavy (non-hydrogen) atoms.